The molecule has 2 heterocycles. The molecule has 0 aliphatic carbocycles. The summed E-state index contributed by atoms with van der Waals surface area (Å²) in [6.45, 7) is 5.76. The molecule has 2 aromatic heterocycles. The summed E-state index contributed by atoms with van der Waals surface area (Å²) in [5.74, 6) is 0.689. The number of thiazole rings is 1. The summed E-state index contributed by atoms with van der Waals surface area (Å²) >= 11 is 1.47. The van der Waals surface area contributed by atoms with Crippen LogP contribution in [0.4, 0.5) is 5.13 Å². The molecule has 0 saturated carbocycles. The summed E-state index contributed by atoms with van der Waals surface area (Å²) in [5, 5.41) is 3.54. The van der Waals surface area contributed by atoms with E-state index in [4.69, 9.17) is 4.74 Å². The summed E-state index contributed by atoms with van der Waals surface area (Å²) in [4.78, 5) is 22.6. The molecule has 0 aliphatic rings. The lowest BCUT2D eigenvalue weighted by Gasteiger charge is -2.22. The average molecular weight is 367 g/mol. The number of rotatable bonds is 5. The van der Waals surface area contributed by atoms with Crippen molar-refractivity contribution in [3.63, 3.8) is 0 Å². The van der Waals surface area contributed by atoms with Gasteiger partial charge in [0.1, 0.15) is 5.75 Å². The maximum absolute atomic E-state index is 12.8. The number of benzene rings is 1. The van der Waals surface area contributed by atoms with Crippen LogP contribution in [-0.2, 0) is 10.2 Å². The van der Waals surface area contributed by atoms with Crippen molar-refractivity contribution in [1.82, 2.24) is 9.97 Å². The summed E-state index contributed by atoms with van der Waals surface area (Å²) in [5.41, 5.74) is 2.02. The van der Waals surface area contributed by atoms with Crippen molar-refractivity contribution in [3.8, 4) is 17.0 Å². The van der Waals surface area contributed by atoms with Gasteiger partial charge in [0.05, 0.1) is 18.2 Å². The fourth-order valence-electron chi connectivity index (χ4n) is 2.58. The Morgan fingerprint density at radius 2 is 1.92 bits per heavy atom. The molecule has 26 heavy (non-hydrogen) atoms. The van der Waals surface area contributed by atoms with Crippen molar-refractivity contribution < 1.29 is 9.53 Å². The van der Waals surface area contributed by atoms with Crippen LogP contribution in [0, 0.1) is 6.92 Å². The van der Waals surface area contributed by atoms with Gasteiger partial charge >= 0.3 is 0 Å². The molecule has 0 fully saturated rings. The second kappa shape index (κ2) is 7.25. The Balaban J connectivity index is 1.81. The number of aryl methyl sites for hydroxylation is 1. The first kappa shape index (κ1) is 18.1. The van der Waals surface area contributed by atoms with Crippen molar-refractivity contribution in [2.24, 2.45) is 0 Å². The first-order valence-electron chi connectivity index (χ1n) is 8.25. The van der Waals surface area contributed by atoms with Crippen LogP contribution in [-0.4, -0.2) is 23.0 Å². The van der Waals surface area contributed by atoms with Gasteiger partial charge < -0.3 is 10.1 Å². The molecule has 3 rings (SSSR count). The number of carbonyl (C=O) groups excluding carboxylic acids is 1. The van der Waals surface area contributed by atoms with Crippen molar-refractivity contribution in [1.29, 1.82) is 0 Å². The Labute approximate surface area is 157 Å². The van der Waals surface area contributed by atoms with Gasteiger partial charge in [-0.15, -0.1) is 11.3 Å². The van der Waals surface area contributed by atoms with E-state index in [-0.39, 0.29) is 5.91 Å². The minimum atomic E-state index is -0.700. The Kier molecular flexibility index (Phi) is 5.04. The van der Waals surface area contributed by atoms with Crippen LogP contribution in [0.15, 0.2) is 48.8 Å². The number of aromatic nitrogens is 2. The fraction of sp³-hybridized carbons (Fsp3) is 0.250. The van der Waals surface area contributed by atoms with E-state index in [1.54, 1.807) is 19.5 Å². The van der Waals surface area contributed by atoms with Crippen LogP contribution >= 0.6 is 11.3 Å². The molecule has 0 bridgehead atoms. The minimum absolute atomic E-state index is 0.111. The largest absolute Gasteiger partial charge is 0.497 e. The van der Waals surface area contributed by atoms with Gasteiger partial charge in [-0.2, -0.15) is 0 Å². The van der Waals surface area contributed by atoms with Gasteiger partial charge in [-0.05, 0) is 56.7 Å². The van der Waals surface area contributed by atoms with Crippen molar-refractivity contribution in [2.75, 3.05) is 12.4 Å². The van der Waals surface area contributed by atoms with Gasteiger partial charge in [0.25, 0.3) is 0 Å². The maximum Gasteiger partial charge on any atom is 0.236 e. The van der Waals surface area contributed by atoms with Gasteiger partial charge in [-0.25, -0.2) is 4.98 Å². The van der Waals surface area contributed by atoms with Crippen LogP contribution in [0.5, 0.6) is 5.75 Å². The molecule has 6 heteroatoms. The number of methoxy groups -OCH3 is 1. The topological polar surface area (TPSA) is 64.1 Å². The third-order valence-electron chi connectivity index (χ3n) is 4.33. The highest BCUT2D eigenvalue weighted by Crippen LogP contribution is 2.32. The number of ether oxygens (including phenoxy) is 1. The number of carbonyl (C=O) groups is 1. The number of anilines is 1. The minimum Gasteiger partial charge on any atom is -0.497 e. The maximum atomic E-state index is 12.8. The van der Waals surface area contributed by atoms with E-state index in [0.717, 1.165) is 27.4 Å². The summed E-state index contributed by atoms with van der Waals surface area (Å²) in [6.07, 6.45) is 3.41. The van der Waals surface area contributed by atoms with Crippen molar-refractivity contribution >= 4 is 22.4 Å². The first-order chi connectivity index (χ1) is 12.4. The van der Waals surface area contributed by atoms with Crippen LogP contribution in [0.1, 0.15) is 24.3 Å². The zero-order valence-electron chi connectivity index (χ0n) is 15.2. The van der Waals surface area contributed by atoms with E-state index >= 15 is 0 Å². The molecule has 134 valence electrons. The fourth-order valence-corrected chi connectivity index (χ4v) is 3.41. The second-order valence-corrected chi connectivity index (χ2v) is 7.68. The molecular weight excluding hydrogens is 346 g/mol. The molecule has 0 aliphatic heterocycles. The van der Waals surface area contributed by atoms with Crippen molar-refractivity contribution in [2.45, 2.75) is 26.2 Å². The molecule has 0 radical (unpaired) electrons. The van der Waals surface area contributed by atoms with E-state index in [9.17, 15) is 4.79 Å². The Morgan fingerprint density at radius 1 is 1.19 bits per heavy atom. The van der Waals surface area contributed by atoms with Crippen LogP contribution in [0.2, 0.25) is 0 Å². The van der Waals surface area contributed by atoms with E-state index in [0.29, 0.717) is 5.13 Å². The average Bonchev–Trinajstić information content (AvgIpc) is 3.02. The molecule has 0 saturated heterocycles. The van der Waals surface area contributed by atoms with Crippen LogP contribution in [0.25, 0.3) is 11.3 Å². The molecule has 1 amide bonds. The normalized spacial score (nSPS) is 11.2. The van der Waals surface area contributed by atoms with E-state index in [1.165, 1.54) is 11.3 Å². The molecule has 0 unspecified atom stereocenters. The first-order valence-corrected chi connectivity index (χ1v) is 9.07. The standard InChI is InChI=1S/C20H21N3O2S/c1-13-17(14-7-9-16(25-4)10-8-14)22-19(26-13)23-18(24)20(2,3)15-6-5-11-21-12-15/h5-12H,1-4H3,(H,22,23,24). The molecule has 0 spiro atoms. The number of nitrogens with one attached hydrogen (secondary N) is 1. The lowest BCUT2D eigenvalue weighted by Crippen LogP contribution is -2.34. The Bertz CT molecular complexity index is 903. The highest BCUT2D eigenvalue weighted by molar-refractivity contribution is 7.16. The predicted molar refractivity (Wildman–Crippen MR) is 105 cm³/mol. The van der Waals surface area contributed by atoms with Crippen LogP contribution < -0.4 is 10.1 Å². The van der Waals surface area contributed by atoms with E-state index < -0.39 is 5.41 Å². The lowest BCUT2D eigenvalue weighted by molar-refractivity contribution is -0.120. The number of nitrogens with zero attached hydrogens (tertiary/aromatic N) is 2. The molecule has 5 nitrogen and oxygen atoms in total. The number of amides is 1. The SMILES string of the molecule is COc1ccc(-c2nc(NC(=O)C(C)(C)c3cccnc3)sc2C)cc1. The third-order valence-corrected chi connectivity index (χ3v) is 5.22. The number of hydrogen-bond donors (Lipinski definition) is 1. The Hall–Kier alpha value is -2.73. The second-order valence-electron chi connectivity index (χ2n) is 6.47. The summed E-state index contributed by atoms with van der Waals surface area (Å²) in [7, 11) is 1.64. The monoisotopic (exact) mass is 367 g/mol. The van der Waals surface area contributed by atoms with Crippen LogP contribution in [0.3, 0.4) is 0 Å². The third kappa shape index (κ3) is 3.60. The lowest BCUT2D eigenvalue weighted by atomic mass is 9.85. The van der Waals surface area contributed by atoms with E-state index in [1.807, 2.05) is 57.2 Å². The zero-order chi connectivity index (χ0) is 18.7. The quantitative estimate of drug-likeness (QED) is 0.724. The summed E-state index contributed by atoms with van der Waals surface area (Å²) in [6, 6.07) is 11.5. The molecule has 0 atom stereocenters. The van der Waals surface area contributed by atoms with Gasteiger partial charge in [0, 0.05) is 22.8 Å². The molecule has 1 aromatic carbocycles. The number of hydrogen-bond acceptors (Lipinski definition) is 5. The molecular formula is C20H21N3O2S. The summed E-state index contributed by atoms with van der Waals surface area (Å²) < 4.78 is 5.19. The van der Waals surface area contributed by atoms with Crippen molar-refractivity contribution in [3.05, 3.63) is 59.2 Å². The molecule has 1 N–H and O–H groups in total. The zero-order valence-corrected chi connectivity index (χ0v) is 16.1. The van der Waals surface area contributed by atoms with E-state index in [2.05, 4.69) is 15.3 Å². The predicted octanol–water partition coefficient (Wildman–Crippen LogP) is 4.44. The molecule has 3 aromatic rings. The smallest absolute Gasteiger partial charge is 0.236 e. The van der Waals surface area contributed by atoms with Gasteiger partial charge in [-0.3, -0.25) is 9.78 Å². The van der Waals surface area contributed by atoms with Gasteiger partial charge in [0.2, 0.25) is 5.91 Å². The van der Waals surface area contributed by atoms with Gasteiger partial charge in [0.15, 0.2) is 5.13 Å². The highest BCUT2D eigenvalue weighted by Gasteiger charge is 2.30. The number of pyridine rings is 1. The highest BCUT2D eigenvalue weighted by atomic mass is 32.1. The van der Waals surface area contributed by atoms with Gasteiger partial charge in [-0.1, -0.05) is 6.07 Å². The Morgan fingerprint density at radius 3 is 2.54 bits per heavy atom.